The van der Waals surface area contributed by atoms with Crippen molar-refractivity contribution in [1.82, 2.24) is 0 Å². The Balaban J connectivity index is 1.72. The zero-order valence-electron chi connectivity index (χ0n) is 22.4. The van der Waals surface area contributed by atoms with Crippen molar-refractivity contribution in [3.8, 4) is 0 Å². The van der Waals surface area contributed by atoms with Gasteiger partial charge in [0.05, 0.1) is 0 Å². The maximum Gasteiger partial charge on any atom is 0.140 e. The van der Waals surface area contributed by atoms with Gasteiger partial charge < -0.3 is 0 Å². The van der Waals surface area contributed by atoms with Crippen LogP contribution < -0.4 is 31.8 Å². The van der Waals surface area contributed by atoms with E-state index in [1.807, 2.05) is 0 Å². The van der Waals surface area contributed by atoms with E-state index >= 15 is 0 Å². The first-order valence-electron chi connectivity index (χ1n) is 13.7. The molecule has 2 heteroatoms. The van der Waals surface area contributed by atoms with Gasteiger partial charge in [-0.2, -0.15) is 0 Å². The zero-order valence-corrected chi connectivity index (χ0v) is 24.2. The van der Waals surface area contributed by atoms with Gasteiger partial charge in [-0.15, -0.1) is 0 Å². The SMILES string of the molecule is C(=C[P+](c1ccccc1)(c1ccccc1)c1ccccc1)[P+](c1ccccc1)(c1ccccc1)c1ccccc1. The molecular weight excluding hydrogens is 518 g/mol. The van der Waals surface area contributed by atoms with E-state index in [2.05, 4.69) is 194 Å². The summed E-state index contributed by atoms with van der Waals surface area (Å²) in [5.74, 6) is 5.21. The van der Waals surface area contributed by atoms with E-state index < -0.39 is 14.5 Å². The zero-order chi connectivity index (χ0) is 27.1. The Morgan fingerprint density at radius 1 is 0.225 bits per heavy atom. The molecule has 0 fully saturated rings. The third-order valence-electron chi connectivity index (χ3n) is 7.49. The molecule has 0 saturated carbocycles. The van der Waals surface area contributed by atoms with Gasteiger partial charge in [0.25, 0.3) is 0 Å². The Kier molecular flexibility index (Phi) is 7.83. The molecule has 0 atom stereocenters. The van der Waals surface area contributed by atoms with Crippen molar-refractivity contribution in [3.05, 3.63) is 194 Å². The molecule has 0 nitrogen and oxygen atoms in total. The van der Waals surface area contributed by atoms with Crippen molar-refractivity contribution in [1.29, 1.82) is 0 Å². The molecule has 0 amide bonds. The molecule has 0 heterocycles. The fourth-order valence-corrected chi connectivity index (χ4v) is 13.9. The summed E-state index contributed by atoms with van der Waals surface area (Å²) >= 11 is 0. The van der Waals surface area contributed by atoms with Crippen LogP contribution in [-0.4, -0.2) is 0 Å². The molecule has 40 heavy (non-hydrogen) atoms. The lowest BCUT2D eigenvalue weighted by atomic mass is 10.4. The average molecular weight is 551 g/mol. The lowest BCUT2D eigenvalue weighted by Crippen LogP contribution is -2.32. The molecule has 0 unspecified atom stereocenters. The highest BCUT2D eigenvalue weighted by Gasteiger charge is 2.49. The van der Waals surface area contributed by atoms with E-state index in [-0.39, 0.29) is 0 Å². The monoisotopic (exact) mass is 550 g/mol. The lowest BCUT2D eigenvalue weighted by Gasteiger charge is -2.27. The average Bonchev–Trinajstić information content (AvgIpc) is 3.06. The fraction of sp³-hybridized carbons (Fsp3) is 0. The van der Waals surface area contributed by atoms with E-state index in [1.54, 1.807) is 0 Å². The summed E-state index contributed by atoms with van der Waals surface area (Å²) in [5, 5.41) is 8.14. The summed E-state index contributed by atoms with van der Waals surface area (Å²) in [6.07, 6.45) is 0. The Morgan fingerprint density at radius 3 is 0.525 bits per heavy atom. The minimum Gasteiger partial charge on any atom is -0.0620 e. The summed E-state index contributed by atoms with van der Waals surface area (Å²) in [6, 6.07) is 66.6. The topological polar surface area (TPSA) is 0 Å². The number of hydrogen-bond acceptors (Lipinski definition) is 0. The Bertz CT molecular complexity index is 1330. The number of hydrogen-bond donors (Lipinski definition) is 0. The molecule has 0 saturated heterocycles. The predicted octanol–water partition coefficient (Wildman–Crippen LogP) is 7.45. The molecule has 0 radical (unpaired) electrons. The summed E-state index contributed by atoms with van der Waals surface area (Å²) < 4.78 is 0. The van der Waals surface area contributed by atoms with Gasteiger partial charge in [0, 0.05) is 0 Å². The van der Waals surface area contributed by atoms with Gasteiger partial charge in [-0.05, 0) is 72.8 Å². The second-order valence-corrected chi connectivity index (χ2v) is 16.3. The van der Waals surface area contributed by atoms with Crippen LogP contribution in [0.2, 0.25) is 0 Å². The largest absolute Gasteiger partial charge is 0.140 e. The predicted molar refractivity (Wildman–Crippen MR) is 179 cm³/mol. The third-order valence-corrected chi connectivity index (χ3v) is 15.6. The highest BCUT2D eigenvalue weighted by atomic mass is 31.2. The van der Waals surface area contributed by atoms with Crippen molar-refractivity contribution >= 4 is 46.4 Å². The minimum atomic E-state index is -2.16. The minimum absolute atomic E-state index is 1.36. The Morgan fingerprint density at radius 2 is 0.375 bits per heavy atom. The van der Waals surface area contributed by atoms with Gasteiger partial charge in [-0.1, -0.05) is 109 Å². The summed E-state index contributed by atoms with van der Waals surface area (Å²) in [7, 11) is -4.33. The van der Waals surface area contributed by atoms with Crippen LogP contribution in [0, 0.1) is 0 Å². The molecular formula is C38H32P2+2. The molecule has 6 aromatic carbocycles. The standard InChI is InChI=1S/C38H32P2/c1-7-19-33(20-8-1)39(34-21-9-2-10-22-34,35-23-11-3-12-24-35)31-32-40(36-25-13-4-14-26-36,37-27-15-5-16-28-37)38-29-17-6-18-30-38/h1-32H/q+2. The Hall–Kier alpha value is -4.08. The van der Waals surface area contributed by atoms with Crippen molar-refractivity contribution < 1.29 is 0 Å². The number of benzene rings is 6. The van der Waals surface area contributed by atoms with E-state index in [9.17, 15) is 0 Å². The maximum absolute atomic E-state index is 2.60. The van der Waals surface area contributed by atoms with Crippen LogP contribution in [0.5, 0.6) is 0 Å². The quantitative estimate of drug-likeness (QED) is 0.173. The first-order valence-corrected chi connectivity index (χ1v) is 17.4. The van der Waals surface area contributed by atoms with Crippen LogP contribution in [0.15, 0.2) is 194 Å². The second-order valence-electron chi connectivity index (χ2n) is 9.76. The highest BCUT2D eigenvalue weighted by Crippen LogP contribution is 2.63. The van der Waals surface area contributed by atoms with Crippen LogP contribution in [-0.2, 0) is 0 Å². The van der Waals surface area contributed by atoms with Crippen molar-refractivity contribution in [2.75, 3.05) is 0 Å². The van der Waals surface area contributed by atoms with Crippen LogP contribution in [0.25, 0.3) is 0 Å². The van der Waals surface area contributed by atoms with Crippen molar-refractivity contribution in [2.24, 2.45) is 0 Å². The molecule has 0 aliphatic carbocycles. The van der Waals surface area contributed by atoms with E-state index in [1.165, 1.54) is 31.8 Å². The van der Waals surface area contributed by atoms with Gasteiger partial charge in [0.2, 0.25) is 0 Å². The van der Waals surface area contributed by atoms with Crippen LogP contribution in [0.3, 0.4) is 0 Å². The molecule has 0 spiro atoms. The normalized spacial score (nSPS) is 11.9. The maximum atomic E-state index is 2.60. The molecule has 0 aliphatic rings. The van der Waals surface area contributed by atoms with Gasteiger partial charge in [0.1, 0.15) is 58.0 Å². The third kappa shape index (κ3) is 4.87. The molecule has 0 N–H and O–H groups in total. The van der Waals surface area contributed by atoms with Crippen molar-refractivity contribution in [3.63, 3.8) is 0 Å². The summed E-state index contributed by atoms with van der Waals surface area (Å²) in [4.78, 5) is 0. The van der Waals surface area contributed by atoms with Gasteiger partial charge in [0.15, 0.2) is 0 Å². The summed E-state index contributed by atoms with van der Waals surface area (Å²) in [5.41, 5.74) is 0. The van der Waals surface area contributed by atoms with Crippen LogP contribution >= 0.6 is 14.5 Å². The molecule has 6 aromatic rings. The van der Waals surface area contributed by atoms with Gasteiger partial charge in [-0.25, -0.2) is 0 Å². The second kappa shape index (κ2) is 12.0. The highest BCUT2D eigenvalue weighted by molar-refractivity contribution is 8.01. The first kappa shape index (κ1) is 26.2. The van der Waals surface area contributed by atoms with Gasteiger partial charge >= 0.3 is 0 Å². The Labute approximate surface area is 239 Å². The molecule has 6 rings (SSSR count). The summed E-state index contributed by atoms with van der Waals surface area (Å²) in [6.45, 7) is 0. The fourth-order valence-electron chi connectivity index (χ4n) is 5.59. The molecule has 192 valence electrons. The van der Waals surface area contributed by atoms with E-state index in [0.717, 1.165) is 0 Å². The smallest absolute Gasteiger partial charge is 0.0620 e. The van der Waals surface area contributed by atoms with E-state index in [4.69, 9.17) is 0 Å². The van der Waals surface area contributed by atoms with Crippen LogP contribution in [0.1, 0.15) is 0 Å². The lowest BCUT2D eigenvalue weighted by molar-refractivity contribution is 1.72. The first-order chi connectivity index (χ1) is 19.8. The van der Waals surface area contributed by atoms with Crippen molar-refractivity contribution in [2.45, 2.75) is 0 Å². The molecule has 0 aromatic heterocycles. The molecule has 0 bridgehead atoms. The number of rotatable bonds is 8. The van der Waals surface area contributed by atoms with E-state index in [0.29, 0.717) is 0 Å². The van der Waals surface area contributed by atoms with Gasteiger partial charge in [-0.3, -0.25) is 0 Å². The van der Waals surface area contributed by atoms with Crippen LogP contribution in [0.4, 0.5) is 0 Å². The molecule has 0 aliphatic heterocycles.